The van der Waals surface area contributed by atoms with Gasteiger partial charge in [-0.25, -0.2) is 4.98 Å². The first-order chi connectivity index (χ1) is 10.6. The van der Waals surface area contributed by atoms with E-state index in [-0.39, 0.29) is 5.91 Å². The molecule has 0 aliphatic carbocycles. The van der Waals surface area contributed by atoms with Gasteiger partial charge in [0.15, 0.2) is 0 Å². The van der Waals surface area contributed by atoms with Crippen molar-refractivity contribution in [2.45, 2.75) is 31.7 Å². The van der Waals surface area contributed by atoms with E-state index in [1.807, 2.05) is 31.1 Å². The Kier molecular flexibility index (Phi) is 4.62. The number of anilines is 1. The van der Waals surface area contributed by atoms with Gasteiger partial charge in [-0.3, -0.25) is 4.79 Å². The molecule has 0 spiro atoms. The van der Waals surface area contributed by atoms with Gasteiger partial charge < -0.3 is 14.7 Å². The topological polar surface area (TPSA) is 39.7 Å². The molecule has 2 fully saturated rings. The van der Waals surface area contributed by atoms with E-state index in [4.69, 9.17) is 0 Å². The Morgan fingerprint density at radius 3 is 2.77 bits per heavy atom. The van der Waals surface area contributed by atoms with Crippen LogP contribution in [0.3, 0.4) is 0 Å². The van der Waals surface area contributed by atoms with Crippen molar-refractivity contribution < 1.29 is 4.79 Å². The van der Waals surface area contributed by atoms with Crippen LogP contribution in [0.15, 0.2) is 18.3 Å². The third-order valence-corrected chi connectivity index (χ3v) is 4.76. The second-order valence-electron chi connectivity index (χ2n) is 6.60. The van der Waals surface area contributed by atoms with E-state index >= 15 is 0 Å². The summed E-state index contributed by atoms with van der Waals surface area (Å²) < 4.78 is 0. The Hall–Kier alpha value is -1.62. The van der Waals surface area contributed by atoms with Crippen LogP contribution < -0.4 is 4.90 Å². The van der Waals surface area contributed by atoms with Crippen LogP contribution in [-0.2, 0) is 0 Å². The summed E-state index contributed by atoms with van der Waals surface area (Å²) in [6.45, 7) is 4.31. The zero-order valence-corrected chi connectivity index (χ0v) is 13.7. The molecule has 120 valence electrons. The molecule has 0 bridgehead atoms. The predicted molar refractivity (Wildman–Crippen MR) is 88.3 cm³/mol. The van der Waals surface area contributed by atoms with Crippen molar-refractivity contribution in [3.8, 4) is 0 Å². The molecular formula is C17H26N4O. The van der Waals surface area contributed by atoms with Crippen molar-refractivity contribution in [2.24, 2.45) is 0 Å². The molecule has 0 N–H and O–H groups in total. The van der Waals surface area contributed by atoms with Crippen LogP contribution in [0.1, 0.15) is 36.0 Å². The second-order valence-corrected chi connectivity index (χ2v) is 6.60. The maximum atomic E-state index is 12.9. The van der Waals surface area contributed by atoms with E-state index in [0.29, 0.717) is 6.04 Å². The molecule has 5 heteroatoms. The number of likely N-dealkylation sites (tertiary alicyclic amines) is 2. The first kappa shape index (κ1) is 15.3. The van der Waals surface area contributed by atoms with E-state index in [9.17, 15) is 4.79 Å². The van der Waals surface area contributed by atoms with Crippen LogP contribution in [0.2, 0.25) is 0 Å². The Bertz CT molecular complexity index is 525. The first-order valence-electron chi connectivity index (χ1n) is 8.32. The van der Waals surface area contributed by atoms with Gasteiger partial charge in [0.05, 0.1) is 0 Å². The highest BCUT2D eigenvalue weighted by atomic mass is 16.2. The average Bonchev–Trinajstić information content (AvgIpc) is 3.19. The van der Waals surface area contributed by atoms with E-state index < -0.39 is 0 Å². The molecule has 3 heterocycles. The number of aromatic nitrogens is 1. The third-order valence-electron chi connectivity index (χ3n) is 4.76. The van der Waals surface area contributed by atoms with Crippen molar-refractivity contribution in [1.82, 2.24) is 14.8 Å². The van der Waals surface area contributed by atoms with Crippen LogP contribution in [0.5, 0.6) is 0 Å². The fraction of sp³-hybridized carbons (Fsp3) is 0.647. The molecule has 1 aromatic heterocycles. The number of rotatable bonds is 4. The van der Waals surface area contributed by atoms with Crippen molar-refractivity contribution in [3.63, 3.8) is 0 Å². The summed E-state index contributed by atoms with van der Waals surface area (Å²) in [7, 11) is 3.89. The van der Waals surface area contributed by atoms with Crippen LogP contribution >= 0.6 is 0 Å². The average molecular weight is 302 g/mol. The lowest BCUT2D eigenvalue weighted by molar-refractivity contribution is 0.0708. The van der Waals surface area contributed by atoms with Crippen LogP contribution in [0.25, 0.3) is 0 Å². The Balaban J connectivity index is 1.71. The normalized spacial score (nSPS) is 22.3. The molecule has 2 saturated heterocycles. The van der Waals surface area contributed by atoms with Gasteiger partial charge in [0.25, 0.3) is 5.91 Å². The summed E-state index contributed by atoms with van der Waals surface area (Å²) >= 11 is 0. The van der Waals surface area contributed by atoms with Gasteiger partial charge in [0.2, 0.25) is 0 Å². The van der Waals surface area contributed by atoms with E-state index in [2.05, 4.69) is 14.8 Å². The first-order valence-corrected chi connectivity index (χ1v) is 8.32. The molecule has 0 unspecified atom stereocenters. The number of hydrogen-bond donors (Lipinski definition) is 0. The van der Waals surface area contributed by atoms with Gasteiger partial charge in [0, 0.05) is 45.0 Å². The van der Waals surface area contributed by atoms with E-state index in [1.165, 1.54) is 25.9 Å². The van der Waals surface area contributed by atoms with Crippen molar-refractivity contribution in [3.05, 3.63) is 23.9 Å². The van der Waals surface area contributed by atoms with Gasteiger partial charge in [-0.05, 0) is 50.9 Å². The van der Waals surface area contributed by atoms with E-state index in [1.54, 1.807) is 6.20 Å². The number of carbonyl (C=O) groups is 1. The minimum absolute atomic E-state index is 0.159. The lowest BCUT2D eigenvalue weighted by Crippen LogP contribution is -2.42. The van der Waals surface area contributed by atoms with Crippen LogP contribution in [-0.4, -0.2) is 67.0 Å². The zero-order valence-electron chi connectivity index (χ0n) is 13.7. The number of pyridine rings is 1. The van der Waals surface area contributed by atoms with Crippen LogP contribution in [0.4, 0.5) is 5.82 Å². The lowest BCUT2D eigenvalue weighted by Gasteiger charge is -2.28. The van der Waals surface area contributed by atoms with Gasteiger partial charge in [0.1, 0.15) is 5.82 Å². The minimum Gasteiger partial charge on any atom is -0.363 e. The third kappa shape index (κ3) is 3.24. The zero-order chi connectivity index (χ0) is 15.5. The summed E-state index contributed by atoms with van der Waals surface area (Å²) in [5.41, 5.74) is 0.757. The number of nitrogens with zero attached hydrogens (tertiary/aromatic N) is 4. The predicted octanol–water partition coefficient (Wildman–Crippen LogP) is 1.85. The monoisotopic (exact) mass is 302 g/mol. The molecule has 0 aromatic carbocycles. The minimum atomic E-state index is 0.159. The number of amides is 1. The molecule has 2 aliphatic heterocycles. The highest BCUT2D eigenvalue weighted by Crippen LogP contribution is 2.23. The quantitative estimate of drug-likeness (QED) is 0.851. The molecule has 0 radical (unpaired) electrons. The van der Waals surface area contributed by atoms with Crippen molar-refractivity contribution in [2.75, 3.05) is 45.2 Å². The summed E-state index contributed by atoms with van der Waals surface area (Å²) in [4.78, 5) is 23.7. The van der Waals surface area contributed by atoms with Gasteiger partial charge in [-0.2, -0.15) is 0 Å². The highest BCUT2D eigenvalue weighted by Gasteiger charge is 2.31. The number of carbonyl (C=O) groups excluding carboxylic acids is 1. The highest BCUT2D eigenvalue weighted by molar-refractivity contribution is 5.95. The number of hydrogen-bond acceptors (Lipinski definition) is 4. The van der Waals surface area contributed by atoms with Gasteiger partial charge >= 0.3 is 0 Å². The summed E-state index contributed by atoms with van der Waals surface area (Å²) in [5.74, 6) is 0.994. The second kappa shape index (κ2) is 6.65. The molecule has 2 aliphatic rings. The summed E-state index contributed by atoms with van der Waals surface area (Å²) in [6, 6.07) is 4.11. The maximum absolute atomic E-state index is 12.9. The molecular weight excluding hydrogens is 276 g/mol. The largest absolute Gasteiger partial charge is 0.363 e. The fourth-order valence-electron chi connectivity index (χ4n) is 3.52. The smallest absolute Gasteiger partial charge is 0.254 e. The molecule has 5 nitrogen and oxygen atoms in total. The summed E-state index contributed by atoms with van der Waals surface area (Å²) in [6.07, 6.45) is 6.59. The Morgan fingerprint density at radius 1 is 1.27 bits per heavy atom. The SMILES string of the molecule is CN(C)c1cc(C(=O)N2CCC[C@H]2CN2CCCC2)ccn1. The maximum Gasteiger partial charge on any atom is 0.254 e. The van der Waals surface area contributed by atoms with Crippen LogP contribution in [0, 0.1) is 0 Å². The molecule has 3 rings (SSSR count). The van der Waals surface area contributed by atoms with E-state index in [0.717, 1.165) is 37.3 Å². The lowest BCUT2D eigenvalue weighted by atomic mass is 10.1. The molecule has 1 atom stereocenters. The fourth-order valence-corrected chi connectivity index (χ4v) is 3.52. The molecule has 0 saturated carbocycles. The molecule has 1 aromatic rings. The van der Waals surface area contributed by atoms with Crippen molar-refractivity contribution in [1.29, 1.82) is 0 Å². The Labute approximate surface area is 132 Å². The van der Waals surface area contributed by atoms with Gasteiger partial charge in [-0.15, -0.1) is 0 Å². The molecule has 1 amide bonds. The summed E-state index contributed by atoms with van der Waals surface area (Å²) in [5, 5.41) is 0. The standard InChI is InChI=1S/C17H26N4O/c1-19(2)16-12-14(7-8-18-16)17(22)21-11-5-6-15(21)13-20-9-3-4-10-20/h7-8,12,15H,3-6,9-11,13H2,1-2H3/t15-/m0/s1. The molecule has 22 heavy (non-hydrogen) atoms. The van der Waals surface area contributed by atoms with Crippen molar-refractivity contribution >= 4 is 11.7 Å². The Morgan fingerprint density at radius 2 is 2.05 bits per heavy atom. The van der Waals surface area contributed by atoms with Gasteiger partial charge in [-0.1, -0.05) is 0 Å².